The summed E-state index contributed by atoms with van der Waals surface area (Å²) in [7, 11) is -4.31. The first-order valence-corrected chi connectivity index (χ1v) is 21.0. The van der Waals surface area contributed by atoms with Crippen LogP contribution >= 0.6 is 7.82 Å². The Morgan fingerprint density at radius 1 is 0.640 bits per heavy atom. The van der Waals surface area contributed by atoms with E-state index in [-0.39, 0.29) is 32.8 Å². The van der Waals surface area contributed by atoms with E-state index in [4.69, 9.17) is 24.3 Å². The summed E-state index contributed by atoms with van der Waals surface area (Å²) in [6, 6.07) is 0. The zero-order chi connectivity index (χ0) is 36.6. The minimum Gasteiger partial charge on any atom is -0.498 e. The van der Waals surface area contributed by atoms with Gasteiger partial charge >= 0.3 is 13.8 Å². The number of carbonyl (C=O) groups excluding carboxylic acids is 1. The molecule has 0 aromatic carbocycles. The Hall–Kier alpha value is -2.22. The van der Waals surface area contributed by atoms with E-state index in [1.807, 2.05) is 6.08 Å². The second-order valence-corrected chi connectivity index (χ2v) is 13.9. The first-order chi connectivity index (χ1) is 24.4. The van der Waals surface area contributed by atoms with E-state index >= 15 is 0 Å². The predicted octanol–water partition coefficient (Wildman–Crippen LogP) is 11.5. The SMILES string of the molecule is CCC=CCC=CCC=CCC=CCC=CCCCC(=O)OC(COC=CCCCCCCCCCCCCCC)COP(=O)(O)OCCN. The number of carbonyl (C=O) groups is 1. The van der Waals surface area contributed by atoms with Crippen molar-refractivity contribution in [2.75, 3.05) is 26.4 Å². The van der Waals surface area contributed by atoms with Crippen molar-refractivity contribution >= 4 is 13.8 Å². The smallest absolute Gasteiger partial charge is 0.472 e. The summed E-state index contributed by atoms with van der Waals surface area (Å²) in [5, 5.41) is 0. The molecule has 0 radical (unpaired) electrons. The van der Waals surface area contributed by atoms with Crippen LogP contribution in [0.25, 0.3) is 0 Å². The van der Waals surface area contributed by atoms with E-state index in [1.165, 1.54) is 70.6 Å². The molecular weight excluding hydrogens is 649 g/mol. The van der Waals surface area contributed by atoms with Gasteiger partial charge in [-0.3, -0.25) is 13.8 Å². The molecule has 0 aliphatic heterocycles. The molecule has 0 amide bonds. The van der Waals surface area contributed by atoms with Crippen molar-refractivity contribution < 1.29 is 32.8 Å². The minimum absolute atomic E-state index is 0.00629. The zero-order valence-electron chi connectivity index (χ0n) is 31.6. The molecule has 2 unspecified atom stereocenters. The summed E-state index contributed by atoms with van der Waals surface area (Å²) < 4.78 is 33.0. The largest absolute Gasteiger partial charge is 0.498 e. The van der Waals surface area contributed by atoms with Crippen molar-refractivity contribution in [2.24, 2.45) is 5.73 Å². The third kappa shape index (κ3) is 37.0. The van der Waals surface area contributed by atoms with Crippen LogP contribution in [0.5, 0.6) is 0 Å². The fourth-order valence-corrected chi connectivity index (χ4v) is 5.64. The monoisotopic (exact) mass is 722 g/mol. The highest BCUT2D eigenvalue weighted by atomic mass is 31.2. The van der Waals surface area contributed by atoms with Gasteiger partial charge in [-0.2, -0.15) is 0 Å². The number of unbranched alkanes of at least 4 members (excludes halogenated alkanes) is 13. The van der Waals surface area contributed by atoms with Crippen LogP contribution in [0.4, 0.5) is 0 Å². The number of ether oxygens (including phenoxy) is 2. The van der Waals surface area contributed by atoms with Gasteiger partial charge in [-0.25, -0.2) is 4.57 Å². The molecule has 0 aromatic heterocycles. The lowest BCUT2D eigenvalue weighted by Gasteiger charge is -2.19. The molecule has 0 rings (SSSR count). The molecule has 0 aliphatic carbocycles. The lowest BCUT2D eigenvalue weighted by molar-refractivity contribution is -0.153. The maximum absolute atomic E-state index is 12.5. The van der Waals surface area contributed by atoms with Gasteiger partial charge in [0, 0.05) is 13.0 Å². The fraction of sp³-hybridized carbons (Fsp3) is 0.683. The molecule has 2 atom stereocenters. The summed E-state index contributed by atoms with van der Waals surface area (Å²) >= 11 is 0. The van der Waals surface area contributed by atoms with E-state index in [9.17, 15) is 14.3 Å². The van der Waals surface area contributed by atoms with Crippen LogP contribution < -0.4 is 5.73 Å². The van der Waals surface area contributed by atoms with Crippen molar-refractivity contribution in [1.29, 1.82) is 0 Å². The van der Waals surface area contributed by atoms with E-state index in [1.54, 1.807) is 6.26 Å². The number of nitrogens with two attached hydrogens (primary N) is 1. The maximum Gasteiger partial charge on any atom is 0.472 e. The highest BCUT2D eigenvalue weighted by molar-refractivity contribution is 7.47. The molecule has 8 nitrogen and oxygen atoms in total. The number of hydrogen-bond acceptors (Lipinski definition) is 7. The Morgan fingerprint density at radius 3 is 1.68 bits per heavy atom. The summed E-state index contributed by atoms with van der Waals surface area (Å²) in [6.45, 7) is 4.04. The third-order valence-corrected chi connectivity index (χ3v) is 8.69. The zero-order valence-corrected chi connectivity index (χ0v) is 32.5. The number of rotatable bonds is 36. The molecule has 0 heterocycles. The van der Waals surface area contributed by atoms with Crippen molar-refractivity contribution in [3.8, 4) is 0 Å². The second kappa shape index (κ2) is 38.0. The molecule has 0 spiro atoms. The van der Waals surface area contributed by atoms with Gasteiger partial charge in [0.1, 0.15) is 6.61 Å². The number of allylic oxidation sites excluding steroid dienone is 11. The standard InChI is InChI=1S/C41H72NO7P/c1-3-5-7-9-11-13-15-17-19-20-21-22-24-26-28-30-32-34-41(43)49-40(39-48-50(44,45)47-37-35-42)38-46-36-33-31-29-27-25-23-18-16-14-12-10-8-6-4-2/h5,7,11,13,17,19,21-22,26,28,33,36,40H,3-4,6,8-10,12,14-16,18,20,23-25,27,29-32,34-35,37-39,42H2,1-2H3,(H,44,45). The van der Waals surface area contributed by atoms with Crippen molar-refractivity contribution in [1.82, 2.24) is 0 Å². The van der Waals surface area contributed by atoms with Crippen molar-refractivity contribution in [2.45, 2.75) is 155 Å². The number of esters is 1. The van der Waals surface area contributed by atoms with Crippen LogP contribution in [0.1, 0.15) is 149 Å². The first-order valence-electron chi connectivity index (χ1n) is 19.5. The predicted molar refractivity (Wildman–Crippen MR) is 210 cm³/mol. The molecule has 9 heteroatoms. The van der Waals surface area contributed by atoms with E-state index in [0.717, 1.165) is 51.4 Å². The quantitative estimate of drug-likeness (QED) is 0.0216. The topological polar surface area (TPSA) is 117 Å². The Labute approximate surface area is 305 Å². The molecule has 0 bridgehead atoms. The molecule has 0 aliphatic rings. The summed E-state index contributed by atoms with van der Waals surface area (Å²) in [5.74, 6) is -0.411. The van der Waals surface area contributed by atoms with Gasteiger partial charge in [-0.15, -0.1) is 0 Å². The molecular formula is C41H72NO7P. The lowest BCUT2D eigenvalue weighted by Crippen LogP contribution is -2.27. The van der Waals surface area contributed by atoms with Gasteiger partial charge in [-0.1, -0.05) is 145 Å². The molecule has 3 N–H and O–H groups in total. The van der Waals surface area contributed by atoms with Crippen LogP contribution in [0.3, 0.4) is 0 Å². The summed E-state index contributed by atoms with van der Waals surface area (Å²) in [4.78, 5) is 22.4. The Morgan fingerprint density at radius 2 is 1.14 bits per heavy atom. The molecule has 0 fully saturated rings. The third-order valence-electron chi connectivity index (χ3n) is 7.70. The molecule has 0 saturated heterocycles. The van der Waals surface area contributed by atoms with Crippen LogP contribution in [-0.2, 0) is 27.9 Å². The Balaban J connectivity index is 4.27. The number of phosphoric acid groups is 1. The lowest BCUT2D eigenvalue weighted by atomic mass is 10.0. The van der Waals surface area contributed by atoms with Gasteiger partial charge in [0.2, 0.25) is 0 Å². The maximum atomic E-state index is 12.5. The van der Waals surface area contributed by atoms with E-state index in [0.29, 0.717) is 6.42 Å². The number of hydrogen-bond donors (Lipinski definition) is 2. The van der Waals surface area contributed by atoms with Gasteiger partial charge in [0.05, 0.1) is 19.5 Å². The second-order valence-electron chi connectivity index (χ2n) is 12.5. The van der Waals surface area contributed by atoms with Crippen LogP contribution in [0.2, 0.25) is 0 Å². The van der Waals surface area contributed by atoms with Crippen LogP contribution in [-0.4, -0.2) is 43.3 Å². The highest BCUT2D eigenvalue weighted by Crippen LogP contribution is 2.43. The van der Waals surface area contributed by atoms with Crippen molar-refractivity contribution in [3.63, 3.8) is 0 Å². The number of phosphoric ester groups is 1. The van der Waals surface area contributed by atoms with Gasteiger partial charge < -0.3 is 20.1 Å². The Kier molecular flexibility index (Phi) is 36.3. The van der Waals surface area contributed by atoms with Crippen molar-refractivity contribution in [3.05, 3.63) is 73.1 Å². The molecule has 0 aromatic rings. The summed E-state index contributed by atoms with van der Waals surface area (Å²) in [5.41, 5.74) is 5.34. The fourth-order valence-electron chi connectivity index (χ4n) is 4.88. The molecule has 50 heavy (non-hydrogen) atoms. The average molecular weight is 722 g/mol. The average Bonchev–Trinajstić information content (AvgIpc) is 3.10. The Bertz CT molecular complexity index is 989. The normalized spacial score (nSPS) is 14.3. The molecule has 288 valence electrons. The minimum atomic E-state index is -4.31. The highest BCUT2D eigenvalue weighted by Gasteiger charge is 2.25. The van der Waals surface area contributed by atoms with E-state index < -0.39 is 19.9 Å². The van der Waals surface area contributed by atoms with Gasteiger partial charge in [0.15, 0.2) is 6.10 Å². The first kappa shape index (κ1) is 47.8. The summed E-state index contributed by atoms with van der Waals surface area (Å²) in [6.07, 6.45) is 47.3. The van der Waals surface area contributed by atoms with Gasteiger partial charge in [-0.05, 0) is 63.9 Å². The van der Waals surface area contributed by atoms with E-state index in [2.05, 4.69) is 74.6 Å². The van der Waals surface area contributed by atoms with Gasteiger partial charge in [0.25, 0.3) is 0 Å². The molecule has 0 saturated carbocycles. The van der Waals surface area contributed by atoms with Crippen LogP contribution in [0.15, 0.2) is 73.1 Å². The van der Waals surface area contributed by atoms with Crippen LogP contribution in [0, 0.1) is 0 Å².